The van der Waals surface area contributed by atoms with Crippen molar-refractivity contribution in [3.63, 3.8) is 0 Å². The summed E-state index contributed by atoms with van der Waals surface area (Å²) in [6.07, 6.45) is 0. The van der Waals surface area contributed by atoms with E-state index in [-0.39, 0.29) is 17.9 Å². The number of urea groups is 1. The molecule has 1 saturated heterocycles. The maximum absolute atomic E-state index is 12.8. The molecule has 3 heterocycles. The molecule has 0 saturated carbocycles. The quantitative estimate of drug-likeness (QED) is 0.615. The van der Waals surface area contributed by atoms with Crippen molar-refractivity contribution in [1.29, 1.82) is 0 Å². The summed E-state index contributed by atoms with van der Waals surface area (Å²) in [5.74, 6) is 3.43. The molecule has 0 spiro atoms. The molecule has 174 valence electrons. The Hall–Kier alpha value is -3.49. The molecule has 1 aliphatic rings. The maximum atomic E-state index is 12.8. The van der Waals surface area contributed by atoms with Crippen LogP contribution in [0.2, 0.25) is 0 Å². The van der Waals surface area contributed by atoms with E-state index in [1.807, 2.05) is 56.0 Å². The molecular weight excluding hydrogens is 418 g/mol. The van der Waals surface area contributed by atoms with Crippen molar-refractivity contribution in [2.24, 2.45) is 0 Å². The highest BCUT2D eigenvalue weighted by atomic mass is 16.5. The maximum Gasteiger partial charge on any atom is 0.321 e. The van der Waals surface area contributed by atoms with Crippen LogP contribution in [-0.2, 0) is 0 Å². The molecule has 1 aromatic carbocycles. The zero-order valence-electron chi connectivity index (χ0n) is 19.9. The van der Waals surface area contributed by atoms with Crippen LogP contribution in [0.3, 0.4) is 0 Å². The van der Waals surface area contributed by atoms with Crippen molar-refractivity contribution in [3.8, 4) is 11.5 Å². The van der Waals surface area contributed by atoms with Gasteiger partial charge in [0.15, 0.2) is 5.82 Å². The molecule has 2 aromatic heterocycles. The van der Waals surface area contributed by atoms with Crippen LogP contribution in [-0.4, -0.2) is 57.2 Å². The summed E-state index contributed by atoms with van der Waals surface area (Å²) in [6, 6.07) is 9.34. The van der Waals surface area contributed by atoms with Crippen molar-refractivity contribution >= 4 is 17.5 Å². The molecule has 9 heteroatoms. The van der Waals surface area contributed by atoms with Crippen LogP contribution in [0.15, 0.2) is 34.9 Å². The second-order valence-corrected chi connectivity index (χ2v) is 8.97. The molecule has 0 atom stereocenters. The zero-order chi connectivity index (χ0) is 23.5. The number of benzene rings is 1. The van der Waals surface area contributed by atoms with E-state index < -0.39 is 0 Å². The van der Waals surface area contributed by atoms with E-state index in [0.29, 0.717) is 24.8 Å². The summed E-state index contributed by atoms with van der Waals surface area (Å²) in [7, 11) is 0. The fourth-order valence-electron chi connectivity index (χ4n) is 3.62. The Bertz CT molecular complexity index is 1100. The highest BCUT2D eigenvalue weighted by Crippen LogP contribution is 2.23. The minimum absolute atomic E-state index is 0.107. The summed E-state index contributed by atoms with van der Waals surface area (Å²) >= 11 is 0. The Kier molecular flexibility index (Phi) is 6.57. The van der Waals surface area contributed by atoms with Crippen LogP contribution in [0.5, 0.6) is 0 Å². The number of aromatic nitrogens is 4. The van der Waals surface area contributed by atoms with Gasteiger partial charge >= 0.3 is 6.03 Å². The molecule has 1 fully saturated rings. The highest BCUT2D eigenvalue weighted by Gasteiger charge is 2.23. The first-order valence-corrected chi connectivity index (χ1v) is 11.4. The predicted molar refractivity (Wildman–Crippen MR) is 127 cm³/mol. The molecule has 3 aromatic rings. The van der Waals surface area contributed by atoms with E-state index in [2.05, 4.69) is 39.2 Å². The molecule has 0 bridgehead atoms. The largest absolute Gasteiger partial charge is 0.353 e. The van der Waals surface area contributed by atoms with Gasteiger partial charge in [0, 0.05) is 61.0 Å². The summed E-state index contributed by atoms with van der Waals surface area (Å²) in [5, 5.41) is 6.97. The van der Waals surface area contributed by atoms with E-state index >= 15 is 0 Å². The number of nitrogens with one attached hydrogen (secondary N) is 1. The number of aryl methyl sites for hydroxylation is 1. The summed E-state index contributed by atoms with van der Waals surface area (Å²) in [6.45, 7) is 12.9. The van der Waals surface area contributed by atoms with E-state index in [1.165, 1.54) is 0 Å². The van der Waals surface area contributed by atoms with E-state index in [1.54, 1.807) is 0 Å². The highest BCUT2D eigenvalue weighted by molar-refractivity contribution is 5.89. The van der Waals surface area contributed by atoms with Crippen molar-refractivity contribution in [3.05, 3.63) is 47.7 Å². The molecule has 9 nitrogen and oxygen atoms in total. The van der Waals surface area contributed by atoms with Gasteiger partial charge < -0.3 is 19.6 Å². The normalized spacial score (nSPS) is 14.3. The number of hydrogen-bond donors (Lipinski definition) is 1. The van der Waals surface area contributed by atoms with Gasteiger partial charge in [-0.2, -0.15) is 4.98 Å². The van der Waals surface area contributed by atoms with Crippen LogP contribution in [0.1, 0.15) is 56.9 Å². The number of carbonyl (C=O) groups excluding carboxylic acids is 1. The standard InChI is InChI=1S/C24H31N7O2/c1-15(2)21-25-17(5)14-20(27-21)30-10-12-31(13-11-30)24(32)26-19-8-6-18(7-9-19)23-28-22(16(3)4)29-33-23/h6-9,14-16H,10-13H2,1-5H3,(H,26,32). The third-order valence-electron chi connectivity index (χ3n) is 5.61. The van der Waals surface area contributed by atoms with Gasteiger partial charge in [0.1, 0.15) is 11.6 Å². The number of hydrogen-bond acceptors (Lipinski definition) is 7. The number of carbonyl (C=O) groups is 1. The number of rotatable bonds is 5. The first-order valence-electron chi connectivity index (χ1n) is 11.4. The van der Waals surface area contributed by atoms with E-state index in [4.69, 9.17) is 9.51 Å². The molecular formula is C24H31N7O2. The number of nitrogens with zero attached hydrogens (tertiary/aromatic N) is 6. The molecule has 1 aliphatic heterocycles. The Morgan fingerprint density at radius 2 is 1.61 bits per heavy atom. The topological polar surface area (TPSA) is 100 Å². The van der Waals surface area contributed by atoms with Gasteiger partial charge in [-0.05, 0) is 31.2 Å². The molecule has 0 aliphatic carbocycles. The molecule has 2 amide bonds. The molecule has 1 N–H and O–H groups in total. The lowest BCUT2D eigenvalue weighted by Gasteiger charge is -2.35. The smallest absolute Gasteiger partial charge is 0.321 e. The van der Waals surface area contributed by atoms with Gasteiger partial charge in [0.05, 0.1) is 0 Å². The van der Waals surface area contributed by atoms with E-state index in [0.717, 1.165) is 41.7 Å². The molecule has 4 rings (SSSR count). The van der Waals surface area contributed by atoms with Gasteiger partial charge in [-0.1, -0.05) is 32.9 Å². The Morgan fingerprint density at radius 3 is 2.21 bits per heavy atom. The lowest BCUT2D eigenvalue weighted by atomic mass is 10.2. The van der Waals surface area contributed by atoms with Gasteiger partial charge in [-0.3, -0.25) is 0 Å². The molecule has 0 unspecified atom stereocenters. The molecule has 33 heavy (non-hydrogen) atoms. The zero-order valence-corrected chi connectivity index (χ0v) is 19.9. The van der Waals surface area contributed by atoms with Crippen LogP contribution in [0.25, 0.3) is 11.5 Å². The summed E-state index contributed by atoms with van der Waals surface area (Å²) in [4.78, 5) is 30.5. The fourth-order valence-corrected chi connectivity index (χ4v) is 3.62. The van der Waals surface area contributed by atoms with Crippen LogP contribution in [0.4, 0.5) is 16.3 Å². The van der Waals surface area contributed by atoms with Gasteiger partial charge in [-0.15, -0.1) is 0 Å². The predicted octanol–water partition coefficient (Wildman–Crippen LogP) is 4.44. The van der Waals surface area contributed by atoms with Crippen molar-refractivity contribution < 1.29 is 9.32 Å². The Labute approximate surface area is 194 Å². The number of piperazine rings is 1. The number of amides is 2. The lowest BCUT2D eigenvalue weighted by molar-refractivity contribution is 0.208. The number of anilines is 2. The van der Waals surface area contributed by atoms with Gasteiger partial charge in [0.25, 0.3) is 5.89 Å². The van der Waals surface area contributed by atoms with Crippen LogP contribution < -0.4 is 10.2 Å². The lowest BCUT2D eigenvalue weighted by Crippen LogP contribution is -2.50. The molecule has 0 radical (unpaired) electrons. The Balaban J connectivity index is 1.34. The second kappa shape index (κ2) is 9.56. The second-order valence-electron chi connectivity index (χ2n) is 8.97. The van der Waals surface area contributed by atoms with Crippen LogP contribution in [0, 0.1) is 6.92 Å². The van der Waals surface area contributed by atoms with E-state index in [9.17, 15) is 4.79 Å². The first-order chi connectivity index (χ1) is 15.8. The minimum atomic E-state index is -0.107. The fraction of sp³-hybridized carbons (Fsp3) is 0.458. The summed E-state index contributed by atoms with van der Waals surface area (Å²) in [5.41, 5.74) is 2.51. The first kappa shape index (κ1) is 22.7. The van der Waals surface area contributed by atoms with Crippen molar-refractivity contribution in [1.82, 2.24) is 25.0 Å². The SMILES string of the molecule is Cc1cc(N2CCN(C(=O)Nc3ccc(-c4nc(C(C)C)no4)cc3)CC2)nc(C(C)C)n1. The van der Waals surface area contributed by atoms with Gasteiger partial charge in [-0.25, -0.2) is 14.8 Å². The average Bonchev–Trinajstić information content (AvgIpc) is 3.30. The third-order valence-corrected chi connectivity index (χ3v) is 5.61. The summed E-state index contributed by atoms with van der Waals surface area (Å²) < 4.78 is 5.33. The van der Waals surface area contributed by atoms with Gasteiger partial charge in [0.2, 0.25) is 0 Å². The van der Waals surface area contributed by atoms with Crippen LogP contribution >= 0.6 is 0 Å². The third kappa shape index (κ3) is 5.30. The Morgan fingerprint density at radius 1 is 0.939 bits per heavy atom. The van der Waals surface area contributed by atoms with Crippen molar-refractivity contribution in [2.75, 3.05) is 36.4 Å². The average molecular weight is 450 g/mol. The minimum Gasteiger partial charge on any atom is -0.353 e. The van der Waals surface area contributed by atoms with Crippen molar-refractivity contribution in [2.45, 2.75) is 46.5 Å². The monoisotopic (exact) mass is 449 g/mol.